The van der Waals surface area contributed by atoms with Crippen LogP contribution in [-0.4, -0.2) is 12.5 Å². The van der Waals surface area contributed by atoms with Crippen LogP contribution < -0.4 is 5.32 Å². The van der Waals surface area contributed by atoms with Crippen molar-refractivity contribution >= 4 is 33.4 Å². The van der Waals surface area contributed by atoms with Crippen LogP contribution in [0.4, 0.5) is 0 Å². The van der Waals surface area contributed by atoms with E-state index in [0.29, 0.717) is 0 Å². The molecule has 1 unspecified atom stereocenters. The highest BCUT2D eigenvalue weighted by atomic mass is 79.9. The molecule has 0 aliphatic carbocycles. The molecule has 2 aromatic carbocycles. The molecule has 0 saturated heterocycles. The molecule has 0 aromatic heterocycles. The molecule has 2 aromatic rings. The highest BCUT2D eigenvalue weighted by Gasteiger charge is 2.18. The van der Waals surface area contributed by atoms with E-state index in [1.807, 2.05) is 30.3 Å². The summed E-state index contributed by atoms with van der Waals surface area (Å²) < 4.78 is 0. The minimum Gasteiger partial charge on any atom is -0.352 e. The quantitative estimate of drug-likeness (QED) is 0.781. The Bertz CT molecular complexity index is 669. The van der Waals surface area contributed by atoms with Gasteiger partial charge in [-0.3, -0.25) is 4.79 Å². The molecule has 1 N–H and O–H groups in total. The second-order valence-corrected chi connectivity index (χ2v) is 6.54. The third-order valence-corrected chi connectivity index (χ3v) is 5.05. The van der Waals surface area contributed by atoms with Crippen LogP contribution in [0.1, 0.15) is 38.3 Å². The van der Waals surface area contributed by atoms with Gasteiger partial charge in [0.05, 0.1) is 4.83 Å². The predicted molar refractivity (Wildman–Crippen MR) is 89.3 cm³/mol. The molecule has 0 bridgehead atoms. The number of aryl methyl sites for hydroxylation is 1. The van der Waals surface area contributed by atoms with Gasteiger partial charge in [-0.2, -0.15) is 0 Å². The van der Waals surface area contributed by atoms with Crippen molar-refractivity contribution in [2.75, 3.05) is 6.54 Å². The zero-order chi connectivity index (χ0) is 14.8. The number of halogens is 2. The first-order valence-corrected chi connectivity index (χ1v) is 8.25. The molecule has 1 aliphatic heterocycles. The molecule has 0 spiro atoms. The molecule has 3 rings (SSSR count). The third-order valence-electron chi connectivity index (χ3n) is 3.74. The Hall–Kier alpha value is -1.32. The fraction of sp³-hybridized carbons (Fsp3) is 0.235. The van der Waals surface area contributed by atoms with E-state index >= 15 is 0 Å². The first-order chi connectivity index (χ1) is 10.1. The van der Waals surface area contributed by atoms with Crippen LogP contribution in [0.5, 0.6) is 0 Å². The Labute approximate surface area is 137 Å². The fourth-order valence-corrected chi connectivity index (χ4v) is 3.30. The summed E-state index contributed by atoms with van der Waals surface area (Å²) in [5.74, 6) is 0.0279. The first kappa shape index (κ1) is 14.6. The molecule has 4 heteroatoms. The van der Waals surface area contributed by atoms with Gasteiger partial charge in [0, 0.05) is 17.1 Å². The highest BCUT2D eigenvalue weighted by molar-refractivity contribution is 9.09. The van der Waals surface area contributed by atoms with Crippen LogP contribution >= 0.6 is 27.5 Å². The standard InChI is InChI=1S/C17H15BrClNO/c18-16(12-5-7-14(19)8-6-12)13-4-3-11-2-1-9-20-17(21)15(11)10-13/h3-8,10,16H,1-2,9H2,(H,20,21). The van der Waals surface area contributed by atoms with E-state index < -0.39 is 0 Å². The van der Waals surface area contributed by atoms with Gasteiger partial charge in [-0.25, -0.2) is 0 Å². The summed E-state index contributed by atoms with van der Waals surface area (Å²) in [6, 6.07) is 13.9. The molecule has 1 heterocycles. The van der Waals surface area contributed by atoms with Gasteiger partial charge >= 0.3 is 0 Å². The predicted octanol–water partition coefficient (Wildman–Crippen LogP) is 4.50. The van der Waals surface area contributed by atoms with Crippen LogP contribution in [0.25, 0.3) is 0 Å². The van der Waals surface area contributed by atoms with E-state index in [1.54, 1.807) is 0 Å². The molecule has 2 nitrogen and oxygen atoms in total. The SMILES string of the molecule is O=C1NCCCc2ccc(C(Br)c3ccc(Cl)cc3)cc21. The summed E-state index contributed by atoms with van der Waals surface area (Å²) in [6.45, 7) is 0.748. The number of benzene rings is 2. The molecule has 1 aliphatic rings. The van der Waals surface area contributed by atoms with Crippen LogP contribution in [-0.2, 0) is 6.42 Å². The highest BCUT2D eigenvalue weighted by Crippen LogP contribution is 2.33. The minimum absolute atomic E-state index is 0.0279. The van der Waals surface area contributed by atoms with E-state index in [0.717, 1.165) is 46.7 Å². The molecular weight excluding hydrogens is 350 g/mol. The Kier molecular flexibility index (Phi) is 4.32. The smallest absolute Gasteiger partial charge is 0.251 e. The van der Waals surface area contributed by atoms with Gasteiger partial charge in [0.25, 0.3) is 5.91 Å². The van der Waals surface area contributed by atoms with Crippen molar-refractivity contribution in [3.63, 3.8) is 0 Å². The van der Waals surface area contributed by atoms with Crippen molar-refractivity contribution in [1.29, 1.82) is 0 Å². The summed E-state index contributed by atoms with van der Waals surface area (Å²) in [4.78, 5) is 12.2. The summed E-state index contributed by atoms with van der Waals surface area (Å²) in [5.41, 5.74) is 4.12. The Morgan fingerprint density at radius 1 is 1.10 bits per heavy atom. The maximum Gasteiger partial charge on any atom is 0.251 e. The number of carbonyl (C=O) groups is 1. The average molecular weight is 365 g/mol. The maximum atomic E-state index is 12.1. The monoisotopic (exact) mass is 363 g/mol. The van der Waals surface area contributed by atoms with E-state index in [9.17, 15) is 4.79 Å². The number of fused-ring (bicyclic) bond motifs is 1. The molecule has 0 saturated carbocycles. The molecular formula is C17H15BrClNO. The summed E-state index contributed by atoms with van der Waals surface area (Å²) in [7, 11) is 0. The summed E-state index contributed by atoms with van der Waals surface area (Å²) in [6.07, 6.45) is 1.94. The van der Waals surface area contributed by atoms with E-state index in [1.165, 1.54) is 0 Å². The molecule has 0 radical (unpaired) electrons. The Morgan fingerprint density at radius 2 is 1.81 bits per heavy atom. The Balaban J connectivity index is 1.96. The lowest BCUT2D eigenvalue weighted by Gasteiger charge is -2.14. The van der Waals surface area contributed by atoms with E-state index in [4.69, 9.17) is 11.6 Å². The first-order valence-electron chi connectivity index (χ1n) is 6.96. The van der Waals surface area contributed by atoms with Crippen molar-refractivity contribution in [3.8, 4) is 0 Å². The Morgan fingerprint density at radius 3 is 2.57 bits per heavy atom. The van der Waals surface area contributed by atoms with Gasteiger partial charge in [0.1, 0.15) is 0 Å². The van der Waals surface area contributed by atoms with Crippen LogP contribution in [0.2, 0.25) is 5.02 Å². The van der Waals surface area contributed by atoms with Crippen LogP contribution in [0.15, 0.2) is 42.5 Å². The van der Waals surface area contributed by atoms with Gasteiger partial charge in [-0.05, 0) is 47.7 Å². The molecule has 0 fully saturated rings. The van der Waals surface area contributed by atoms with Gasteiger partial charge in [0.2, 0.25) is 0 Å². The second-order valence-electron chi connectivity index (χ2n) is 5.19. The number of amides is 1. The minimum atomic E-state index is 0.0279. The van der Waals surface area contributed by atoms with Crippen molar-refractivity contribution in [1.82, 2.24) is 5.32 Å². The lowest BCUT2D eigenvalue weighted by molar-refractivity contribution is 0.0956. The van der Waals surface area contributed by atoms with Gasteiger partial charge in [-0.1, -0.05) is 51.8 Å². The lowest BCUT2D eigenvalue weighted by atomic mass is 9.97. The number of hydrogen-bond donors (Lipinski definition) is 1. The van der Waals surface area contributed by atoms with Crippen molar-refractivity contribution < 1.29 is 4.79 Å². The normalized spacial score (nSPS) is 15.8. The van der Waals surface area contributed by atoms with Crippen LogP contribution in [0.3, 0.4) is 0 Å². The largest absolute Gasteiger partial charge is 0.352 e. The molecule has 1 atom stereocenters. The number of carbonyl (C=O) groups excluding carboxylic acids is 1. The molecule has 21 heavy (non-hydrogen) atoms. The van der Waals surface area contributed by atoms with E-state index in [-0.39, 0.29) is 10.7 Å². The number of alkyl halides is 1. The van der Waals surface area contributed by atoms with Gasteiger partial charge in [0.15, 0.2) is 0 Å². The van der Waals surface area contributed by atoms with Crippen molar-refractivity contribution in [2.24, 2.45) is 0 Å². The third kappa shape index (κ3) is 3.14. The topological polar surface area (TPSA) is 29.1 Å². The number of hydrogen-bond acceptors (Lipinski definition) is 1. The van der Waals surface area contributed by atoms with Crippen molar-refractivity contribution in [3.05, 3.63) is 69.7 Å². The number of rotatable bonds is 2. The zero-order valence-corrected chi connectivity index (χ0v) is 13.7. The molecule has 1 amide bonds. The second kappa shape index (κ2) is 6.20. The fourth-order valence-electron chi connectivity index (χ4n) is 2.58. The van der Waals surface area contributed by atoms with Gasteiger partial charge < -0.3 is 5.32 Å². The zero-order valence-electron chi connectivity index (χ0n) is 11.4. The lowest BCUT2D eigenvalue weighted by Crippen LogP contribution is -2.22. The van der Waals surface area contributed by atoms with E-state index in [2.05, 4.69) is 33.4 Å². The molecule has 108 valence electrons. The summed E-state index contributed by atoms with van der Waals surface area (Å²) in [5, 5.41) is 3.66. The number of nitrogens with one attached hydrogen (secondary N) is 1. The van der Waals surface area contributed by atoms with Gasteiger partial charge in [-0.15, -0.1) is 0 Å². The summed E-state index contributed by atoms with van der Waals surface area (Å²) >= 11 is 9.64. The van der Waals surface area contributed by atoms with Crippen LogP contribution in [0, 0.1) is 0 Å². The van der Waals surface area contributed by atoms with Crippen molar-refractivity contribution in [2.45, 2.75) is 17.7 Å². The maximum absolute atomic E-state index is 12.1. The average Bonchev–Trinajstić information content (AvgIpc) is 2.69.